The van der Waals surface area contributed by atoms with Crippen LogP contribution >= 0.6 is 12.2 Å². The number of thiocarbonyl (C=S) groups is 1. The lowest BCUT2D eigenvalue weighted by atomic mass is 10.1. The van der Waals surface area contributed by atoms with Gasteiger partial charge in [0.05, 0.1) is 4.99 Å². The van der Waals surface area contributed by atoms with Crippen molar-refractivity contribution in [2.24, 2.45) is 11.7 Å². The summed E-state index contributed by atoms with van der Waals surface area (Å²) in [4.78, 5) is 13.8. The second-order valence-electron chi connectivity index (χ2n) is 4.12. The van der Waals surface area contributed by atoms with Gasteiger partial charge in [0.1, 0.15) is 0 Å². The Labute approximate surface area is 91.6 Å². The van der Waals surface area contributed by atoms with Gasteiger partial charge in [0.25, 0.3) is 0 Å². The third kappa shape index (κ3) is 5.17. The maximum atomic E-state index is 11.6. The summed E-state index contributed by atoms with van der Waals surface area (Å²) >= 11 is 4.81. The summed E-state index contributed by atoms with van der Waals surface area (Å²) in [6, 6.07) is 0.0961. The lowest BCUT2D eigenvalue weighted by Gasteiger charge is -2.25. The largest absolute Gasteiger partial charge is 0.393 e. The van der Waals surface area contributed by atoms with E-state index >= 15 is 0 Å². The lowest BCUT2D eigenvalue weighted by Crippen LogP contribution is -2.37. The minimum atomic E-state index is 0.0961. The molecular formula is C10H20N2OS. The van der Waals surface area contributed by atoms with Crippen LogP contribution in [-0.4, -0.2) is 28.9 Å². The molecule has 14 heavy (non-hydrogen) atoms. The maximum Gasteiger partial charge on any atom is 0.222 e. The molecule has 0 aliphatic carbocycles. The minimum absolute atomic E-state index is 0.0961. The van der Waals surface area contributed by atoms with Crippen molar-refractivity contribution >= 4 is 23.1 Å². The molecule has 0 bridgehead atoms. The fourth-order valence-corrected chi connectivity index (χ4v) is 1.41. The van der Waals surface area contributed by atoms with Gasteiger partial charge in [0.15, 0.2) is 0 Å². The summed E-state index contributed by atoms with van der Waals surface area (Å²) in [5.74, 6) is 0.547. The molecule has 0 radical (unpaired) electrons. The van der Waals surface area contributed by atoms with Crippen LogP contribution in [0.2, 0.25) is 0 Å². The van der Waals surface area contributed by atoms with Gasteiger partial charge in [0.2, 0.25) is 5.91 Å². The van der Waals surface area contributed by atoms with E-state index in [1.54, 1.807) is 11.9 Å². The van der Waals surface area contributed by atoms with Crippen LogP contribution in [0.3, 0.4) is 0 Å². The van der Waals surface area contributed by atoms with E-state index in [9.17, 15) is 4.79 Å². The molecule has 0 rings (SSSR count). The fraction of sp³-hybridized carbons (Fsp3) is 0.800. The molecule has 0 aliphatic rings. The van der Waals surface area contributed by atoms with Gasteiger partial charge in [-0.1, -0.05) is 26.1 Å². The smallest absolute Gasteiger partial charge is 0.222 e. The van der Waals surface area contributed by atoms with Crippen LogP contribution in [0, 0.1) is 5.92 Å². The van der Waals surface area contributed by atoms with Crippen molar-refractivity contribution < 1.29 is 4.79 Å². The molecule has 1 unspecified atom stereocenters. The molecule has 0 aromatic carbocycles. The van der Waals surface area contributed by atoms with Crippen LogP contribution in [0.25, 0.3) is 0 Å². The van der Waals surface area contributed by atoms with Gasteiger partial charge in [-0.3, -0.25) is 4.79 Å². The number of carbonyl (C=O) groups excluding carboxylic acids is 1. The molecule has 1 atom stereocenters. The zero-order valence-corrected chi connectivity index (χ0v) is 10.2. The Morgan fingerprint density at radius 2 is 1.86 bits per heavy atom. The molecule has 0 fully saturated rings. The van der Waals surface area contributed by atoms with Crippen molar-refractivity contribution in [2.45, 2.75) is 39.7 Å². The number of rotatable bonds is 5. The first-order valence-electron chi connectivity index (χ1n) is 4.88. The number of nitrogens with zero attached hydrogens (tertiary/aromatic N) is 1. The Morgan fingerprint density at radius 1 is 1.36 bits per heavy atom. The van der Waals surface area contributed by atoms with Crippen LogP contribution in [0.15, 0.2) is 0 Å². The van der Waals surface area contributed by atoms with Crippen LogP contribution in [0.4, 0.5) is 0 Å². The summed E-state index contributed by atoms with van der Waals surface area (Å²) in [6.45, 7) is 6.02. The third-order valence-corrected chi connectivity index (χ3v) is 2.30. The van der Waals surface area contributed by atoms with Crippen LogP contribution < -0.4 is 5.73 Å². The highest BCUT2D eigenvalue weighted by Crippen LogP contribution is 2.07. The summed E-state index contributed by atoms with van der Waals surface area (Å²) in [6.07, 6.45) is 1.17. The monoisotopic (exact) mass is 216 g/mol. The molecular weight excluding hydrogens is 196 g/mol. The van der Waals surface area contributed by atoms with Crippen LogP contribution in [-0.2, 0) is 4.79 Å². The molecule has 3 nitrogen and oxygen atoms in total. The third-order valence-electron chi connectivity index (χ3n) is 2.13. The van der Waals surface area contributed by atoms with Crippen LogP contribution in [0.5, 0.6) is 0 Å². The van der Waals surface area contributed by atoms with Crippen molar-refractivity contribution in [3.63, 3.8) is 0 Å². The number of hydrogen-bond donors (Lipinski definition) is 1. The Bertz CT molecular complexity index is 216. The van der Waals surface area contributed by atoms with Crippen molar-refractivity contribution in [1.29, 1.82) is 0 Å². The average molecular weight is 216 g/mol. The Morgan fingerprint density at radius 3 is 2.21 bits per heavy atom. The standard InChI is InChI=1S/C10H20N2OS/c1-7(2)5-10(13)12(4)8(3)6-9(11)14/h7-8H,5-6H2,1-4H3,(H2,11,14). The van der Waals surface area contributed by atoms with Crippen molar-refractivity contribution in [1.82, 2.24) is 4.90 Å². The van der Waals surface area contributed by atoms with Gasteiger partial charge < -0.3 is 10.6 Å². The van der Waals surface area contributed by atoms with E-state index in [1.807, 2.05) is 20.8 Å². The number of carbonyl (C=O) groups is 1. The highest BCUT2D eigenvalue weighted by atomic mass is 32.1. The molecule has 82 valence electrons. The molecule has 1 amide bonds. The van der Waals surface area contributed by atoms with Crippen LogP contribution in [0.1, 0.15) is 33.6 Å². The number of amides is 1. The molecule has 0 aromatic rings. The molecule has 2 N–H and O–H groups in total. The van der Waals surface area contributed by atoms with Gasteiger partial charge >= 0.3 is 0 Å². The van der Waals surface area contributed by atoms with Crippen molar-refractivity contribution in [3.05, 3.63) is 0 Å². The Balaban J connectivity index is 4.10. The zero-order chi connectivity index (χ0) is 11.3. The second-order valence-corrected chi connectivity index (χ2v) is 4.65. The van der Waals surface area contributed by atoms with Gasteiger partial charge in [-0.25, -0.2) is 0 Å². The maximum absolute atomic E-state index is 11.6. The van der Waals surface area contributed by atoms with Gasteiger partial charge in [-0.15, -0.1) is 0 Å². The Hall–Kier alpha value is -0.640. The predicted molar refractivity (Wildman–Crippen MR) is 63.1 cm³/mol. The number of nitrogens with two attached hydrogens (primary N) is 1. The molecule has 0 heterocycles. The summed E-state index contributed by atoms with van der Waals surface area (Å²) in [7, 11) is 1.80. The Kier molecular flexibility index (Phi) is 5.69. The second kappa shape index (κ2) is 5.96. The van der Waals surface area contributed by atoms with Gasteiger partial charge in [-0.05, 0) is 12.8 Å². The highest BCUT2D eigenvalue weighted by Gasteiger charge is 2.16. The molecule has 0 saturated carbocycles. The predicted octanol–water partition coefficient (Wildman–Crippen LogP) is 1.56. The average Bonchev–Trinajstić information content (AvgIpc) is 2.00. The van der Waals surface area contributed by atoms with E-state index in [-0.39, 0.29) is 11.9 Å². The van der Waals surface area contributed by atoms with Crippen molar-refractivity contribution in [2.75, 3.05) is 7.05 Å². The van der Waals surface area contributed by atoms with Gasteiger partial charge in [0, 0.05) is 25.9 Å². The van der Waals surface area contributed by atoms with Gasteiger partial charge in [-0.2, -0.15) is 0 Å². The number of hydrogen-bond acceptors (Lipinski definition) is 2. The fourth-order valence-electron chi connectivity index (χ4n) is 1.17. The SMILES string of the molecule is CC(C)CC(=O)N(C)C(C)CC(N)=S. The summed E-state index contributed by atoms with van der Waals surface area (Å²) in [5, 5.41) is 0. The summed E-state index contributed by atoms with van der Waals surface area (Å²) < 4.78 is 0. The molecule has 0 aliphatic heterocycles. The topological polar surface area (TPSA) is 46.3 Å². The molecule has 0 aromatic heterocycles. The molecule has 4 heteroatoms. The van der Waals surface area contributed by atoms with E-state index in [4.69, 9.17) is 18.0 Å². The first-order valence-corrected chi connectivity index (χ1v) is 5.29. The van der Waals surface area contributed by atoms with E-state index < -0.39 is 0 Å². The molecule has 0 saturated heterocycles. The highest BCUT2D eigenvalue weighted by molar-refractivity contribution is 7.80. The van der Waals surface area contributed by atoms with Crippen molar-refractivity contribution in [3.8, 4) is 0 Å². The first kappa shape index (κ1) is 13.4. The van der Waals surface area contributed by atoms with E-state index in [0.29, 0.717) is 23.7 Å². The minimum Gasteiger partial charge on any atom is -0.393 e. The summed E-state index contributed by atoms with van der Waals surface area (Å²) in [5.41, 5.74) is 5.43. The normalized spacial score (nSPS) is 12.6. The zero-order valence-electron chi connectivity index (χ0n) is 9.41. The first-order chi connectivity index (χ1) is 6.34. The van der Waals surface area contributed by atoms with E-state index in [2.05, 4.69) is 0 Å². The molecule has 0 spiro atoms. The van der Waals surface area contributed by atoms with E-state index in [1.165, 1.54) is 0 Å². The quantitative estimate of drug-likeness (QED) is 0.709. The van der Waals surface area contributed by atoms with E-state index in [0.717, 1.165) is 0 Å². The lowest BCUT2D eigenvalue weighted by molar-refractivity contribution is -0.132.